The van der Waals surface area contributed by atoms with E-state index in [1.807, 2.05) is 18.2 Å². The smallest absolute Gasteiger partial charge is 0.323 e. The second-order valence-electron chi connectivity index (χ2n) is 14.3. The molecule has 0 aliphatic carbocycles. The quantitative estimate of drug-likeness (QED) is 0.316. The van der Waals surface area contributed by atoms with Crippen LogP contribution in [-0.2, 0) is 26.8 Å². The zero-order valence-corrected chi connectivity index (χ0v) is 23.8. The number of carbonyl (C=O) groups excluding carboxylic acids is 1. The van der Waals surface area contributed by atoms with Gasteiger partial charge in [-0.3, -0.25) is 9.59 Å². The molecule has 4 nitrogen and oxygen atoms in total. The van der Waals surface area contributed by atoms with E-state index < -0.39 is 11.9 Å². The summed E-state index contributed by atoms with van der Waals surface area (Å²) >= 11 is 0. The van der Waals surface area contributed by atoms with Crippen LogP contribution in [0.1, 0.15) is 116 Å². The Bertz CT molecular complexity index is 1160. The number of carboxylic acids is 1. The van der Waals surface area contributed by atoms with Crippen LogP contribution < -0.4 is 4.74 Å². The number of hydrogen-bond acceptors (Lipinski definition) is 3. The maximum Gasteiger partial charge on any atom is 0.323 e. The molecular formula is C32H44O4. The Morgan fingerprint density at radius 3 is 1.72 bits per heavy atom. The normalized spacial score (nSPS) is 16.6. The van der Waals surface area contributed by atoms with Gasteiger partial charge in [-0.05, 0) is 62.8 Å². The Hall–Kier alpha value is -2.62. The van der Waals surface area contributed by atoms with E-state index >= 15 is 0 Å². The van der Waals surface area contributed by atoms with Crippen molar-refractivity contribution < 1.29 is 19.4 Å². The Labute approximate surface area is 217 Å². The van der Waals surface area contributed by atoms with Crippen molar-refractivity contribution in [2.45, 2.75) is 105 Å². The summed E-state index contributed by atoms with van der Waals surface area (Å²) in [7, 11) is 0. The molecule has 1 atom stereocenters. The van der Waals surface area contributed by atoms with Crippen LogP contribution in [0.4, 0.5) is 0 Å². The Balaban J connectivity index is 2.16. The molecule has 1 N–H and O–H groups in total. The molecule has 0 amide bonds. The van der Waals surface area contributed by atoms with E-state index in [1.54, 1.807) is 0 Å². The predicted octanol–water partition coefficient (Wildman–Crippen LogP) is 7.79. The van der Waals surface area contributed by atoms with Crippen LogP contribution in [0, 0.1) is 10.8 Å². The van der Waals surface area contributed by atoms with E-state index in [9.17, 15) is 14.7 Å². The van der Waals surface area contributed by atoms with Gasteiger partial charge in [-0.1, -0.05) is 99.6 Å². The highest BCUT2D eigenvalue weighted by Gasteiger charge is 2.39. The lowest BCUT2D eigenvalue weighted by Crippen LogP contribution is -2.26. The number of benzene rings is 2. The van der Waals surface area contributed by atoms with Gasteiger partial charge in [0.05, 0.1) is 6.42 Å². The fraction of sp³-hybridized carbons (Fsp3) is 0.562. The molecule has 2 aromatic rings. The van der Waals surface area contributed by atoms with Crippen molar-refractivity contribution in [2.24, 2.45) is 10.8 Å². The number of hydrogen-bond donors (Lipinski definition) is 1. The van der Waals surface area contributed by atoms with Gasteiger partial charge < -0.3 is 9.84 Å². The Kier molecular flexibility index (Phi) is 7.27. The van der Waals surface area contributed by atoms with Gasteiger partial charge in [0, 0.05) is 5.56 Å². The van der Waals surface area contributed by atoms with Crippen molar-refractivity contribution in [3.63, 3.8) is 0 Å². The first-order valence-electron chi connectivity index (χ1n) is 13.0. The van der Waals surface area contributed by atoms with Crippen LogP contribution in [-0.4, -0.2) is 17.0 Å². The number of ether oxygens (including phenoxy) is 1. The third-order valence-corrected chi connectivity index (χ3v) is 7.07. The first-order valence-corrected chi connectivity index (χ1v) is 13.0. The fourth-order valence-electron chi connectivity index (χ4n) is 6.34. The van der Waals surface area contributed by atoms with Gasteiger partial charge in [-0.25, -0.2) is 0 Å². The summed E-state index contributed by atoms with van der Waals surface area (Å²) in [5.41, 5.74) is 4.53. The van der Waals surface area contributed by atoms with Crippen LogP contribution in [0.2, 0.25) is 0 Å². The third kappa shape index (κ3) is 6.38. The average molecular weight is 493 g/mol. The maximum atomic E-state index is 13.3. The van der Waals surface area contributed by atoms with Crippen molar-refractivity contribution in [2.75, 3.05) is 0 Å². The van der Waals surface area contributed by atoms with Gasteiger partial charge in [0.1, 0.15) is 11.7 Å². The number of carboxylic acid groups (broad SMARTS) is 1. The third-order valence-electron chi connectivity index (χ3n) is 7.07. The minimum atomic E-state index is -0.912. The lowest BCUT2D eigenvalue weighted by molar-refractivity contribution is -0.136. The SMILES string of the molecule is CC(C)(C)CC(C)(C)c1ccc(CC(=O)O)c(C2C(=O)Oc3ccc(C(C)(C)CC(C)(C)C)cc32)c1. The molecule has 196 valence electrons. The molecule has 0 aromatic heterocycles. The Morgan fingerprint density at radius 2 is 1.25 bits per heavy atom. The highest BCUT2D eigenvalue weighted by atomic mass is 16.5. The molecule has 1 aliphatic rings. The van der Waals surface area contributed by atoms with Crippen LogP contribution in [0.3, 0.4) is 0 Å². The van der Waals surface area contributed by atoms with Crippen molar-refractivity contribution in [3.8, 4) is 5.75 Å². The molecule has 0 saturated heterocycles. The van der Waals surface area contributed by atoms with Crippen molar-refractivity contribution in [1.29, 1.82) is 0 Å². The van der Waals surface area contributed by atoms with E-state index in [4.69, 9.17) is 4.74 Å². The van der Waals surface area contributed by atoms with E-state index in [0.717, 1.165) is 35.1 Å². The van der Waals surface area contributed by atoms with Gasteiger partial charge in [0.25, 0.3) is 0 Å². The lowest BCUT2D eigenvalue weighted by Gasteiger charge is -2.34. The van der Waals surface area contributed by atoms with Gasteiger partial charge in [-0.15, -0.1) is 0 Å². The summed E-state index contributed by atoms with van der Waals surface area (Å²) < 4.78 is 5.72. The highest BCUT2D eigenvalue weighted by molar-refractivity contribution is 5.90. The van der Waals surface area contributed by atoms with Crippen molar-refractivity contribution in [1.82, 2.24) is 0 Å². The first-order chi connectivity index (χ1) is 16.3. The van der Waals surface area contributed by atoms with E-state index in [1.165, 1.54) is 0 Å². The van der Waals surface area contributed by atoms with Crippen molar-refractivity contribution >= 4 is 11.9 Å². The summed E-state index contributed by atoms with van der Waals surface area (Å²) in [5, 5.41) is 9.62. The summed E-state index contributed by atoms with van der Waals surface area (Å²) in [6, 6.07) is 12.0. The molecule has 2 aromatic carbocycles. The zero-order valence-electron chi connectivity index (χ0n) is 23.8. The minimum absolute atomic E-state index is 0.0933. The average Bonchev–Trinajstić information content (AvgIpc) is 2.99. The maximum absolute atomic E-state index is 13.3. The first kappa shape index (κ1) is 28.0. The van der Waals surface area contributed by atoms with E-state index in [-0.39, 0.29) is 34.1 Å². The Morgan fingerprint density at radius 1 is 0.778 bits per heavy atom. The topological polar surface area (TPSA) is 63.6 Å². The number of carbonyl (C=O) groups is 2. The van der Waals surface area contributed by atoms with Gasteiger partial charge in [-0.2, -0.15) is 0 Å². The van der Waals surface area contributed by atoms with Gasteiger partial charge >= 0.3 is 11.9 Å². The standard InChI is InChI=1S/C32H44O4/c1-29(2,3)18-31(7,8)21-12-11-20(15-26(33)34)23(16-21)27-24-17-22(13-14-25(24)36-28(27)35)32(9,10)19-30(4,5)6/h11-14,16-17,27H,15,18-19H2,1-10H3,(H,33,34). The summed E-state index contributed by atoms with van der Waals surface area (Å²) in [6.07, 6.45) is 1.80. The molecule has 1 heterocycles. The number of aliphatic carboxylic acids is 1. The molecule has 0 spiro atoms. The monoisotopic (exact) mass is 492 g/mol. The van der Waals surface area contributed by atoms with Crippen molar-refractivity contribution in [3.05, 3.63) is 64.2 Å². The van der Waals surface area contributed by atoms with Crippen LogP contribution >= 0.6 is 0 Å². The molecule has 4 heteroatoms. The summed E-state index contributed by atoms with van der Waals surface area (Å²) in [4.78, 5) is 25.0. The second-order valence-corrected chi connectivity index (χ2v) is 14.3. The molecule has 36 heavy (non-hydrogen) atoms. The van der Waals surface area contributed by atoms with Gasteiger partial charge in [0.15, 0.2) is 0 Å². The van der Waals surface area contributed by atoms with E-state index in [0.29, 0.717) is 11.3 Å². The van der Waals surface area contributed by atoms with Crippen LogP contribution in [0.15, 0.2) is 36.4 Å². The number of fused-ring (bicyclic) bond motifs is 1. The molecule has 0 bridgehead atoms. The molecule has 0 radical (unpaired) electrons. The summed E-state index contributed by atoms with van der Waals surface area (Å²) in [5.74, 6) is -1.32. The zero-order chi connectivity index (χ0) is 27.3. The molecule has 0 saturated carbocycles. The summed E-state index contributed by atoms with van der Waals surface area (Å²) in [6.45, 7) is 22.3. The lowest BCUT2D eigenvalue weighted by atomic mass is 9.70. The van der Waals surface area contributed by atoms with Crippen LogP contribution in [0.5, 0.6) is 5.75 Å². The second kappa shape index (κ2) is 9.36. The fourth-order valence-corrected chi connectivity index (χ4v) is 6.34. The van der Waals surface area contributed by atoms with Gasteiger partial charge in [0.2, 0.25) is 0 Å². The molecular weight excluding hydrogens is 448 g/mol. The molecule has 1 unspecified atom stereocenters. The van der Waals surface area contributed by atoms with Crippen LogP contribution in [0.25, 0.3) is 0 Å². The largest absolute Gasteiger partial charge is 0.481 e. The minimum Gasteiger partial charge on any atom is -0.481 e. The number of esters is 1. The molecule has 1 aliphatic heterocycles. The molecule has 3 rings (SSSR count). The number of rotatable bonds is 7. The highest BCUT2D eigenvalue weighted by Crippen LogP contribution is 2.46. The molecule has 0 fully saturated rings. The van der Waals surface area contributed by atoms with E-state index in [2.05, 4.69) is 87.4 Å². The predicted molar refractivity (Wildman–Crippen MR) is 146 cm³/mol.